The molecule has 0 aliphatic heterocycles. The molecule has 2 atom stereocenters. The van der Waals surface area contributed by atoms with Gasteiger partial charge in [-0.15, -0.1) is 0 Å². The Bertz CT molecular complexity index is 363. The highest BCUT2D eigenvalue weighted by Gasteiger charge is 2.27. The molecule has 0 aliphatic carbocycles. The molecule has 0 rings (SSSR count). The minimum atomic E-state index is -0.617. The Labute approximate surface area is 121 Å². The maximum absolute atomic E-state index is 12.5. The third-order valence-corrected chi connectivity index (χ3v) is 2.89. The van der Waals surface area contributed by atoms with Gasteiger partial charge < -0.3 is 15.0 Å². The summed E-state index contributed by atoms with van der Waals surface area (Å²) in [6, 6.07) is 1.49. The molecule has 6 nitrogen and oxygen atoms in total. The van der Waals surface area contributed by atoms with Crippen LogP contribution < -0.4 is 5.32 Å². The largest absolute Gasteiger partial charge is 0.453 e. The molecular formula is C14H25N3O3. The van der Waals surface area contributed by atoms with E-state index >= 15 is 0 Å². The first-order valence-electron chi connectivity index (χ1n) is 6.88. The average molecular weight is 283 g/mol. The highest BCUT2D eigenvalue weighted by molar-refractivity contribution is 5.85. The zero-order valence-electron chi connectivity index (χ0n) is 13.0. The molecule has 1 N–H and O–H groups in total. The van der Waals surface area contributed by atoms with Gasteiger partial charge in [0, 0.05) is 13.1 Å². The molecule has 0 aromatic carbocycles. The third-order valence-electron chi connectivity index (χ3n) is 2.89. The molecule has 0 aromatic heterocycles. The van der Waals surface area contributed by atoms with E-state index in [2.05, 4.69) is 16.1 Å². The number of rotatable bonds is 7. The van der Waals surface area contributed by atoms with Gasteiger partial charge in [-0.2, -0.15) is 5.26 Å². The van der Waals surface area contributed by atoms with Gasteiger partial charge in [0.25, 0.3) is 0 Å². The van der Waals surface area contributed by atoms with Crippen LogP contribution in [-0.4, -0.2) is 43.1 Å². The van der Waals surface area contributed by atoms with E-state index in [1.165, 1.54) is 7.11 Å². The highest BCUT2D eigenvalue weighted by Crippen LogP contribution is 2.10. The maximum Gasteiger partial charge on any atom is 0.407 e. The number of amides is 2. The summed E-state index contributed by atoms with van der Waals surface area (Å²) in [4.78, 5) is 25.4. The monoisotopic (exact) mass is 283 g/mol. The Kier molecular flexibility index (Phi) is 8.37. The molecule has 114 valence electrons. The maximum atomic E-state index is 12.5. The molecule has 0 aliphatic rings. The quantitative estimate of drug-likeness (QED) is 0.772. The normalized spacial score (nSPS) is 13.2. The van der Waals surface area contributed by atoms with Crippen molar-refractivity contribution in [2.75, 3.05) is 20.2 Å². The Morgan fingerprint density at radius 1 is 1.35 bits per heavy atom. The number of methoxy groups -OCH3 is 1. The fraction of sp³-hybridized carbons (Fsp3) is 0.786. The van der Waals surface area contributed by atoms with E-state index in [0.29, 0.717) is 19.5 Å². The number of carbonyl (C=O) groups excluding carboxylic acids is 2. The lowest BCUT2D eigenvalue weighted by Gasteiger charge is -2.28. The number of hydrogen-bond donors (Lipinski definition) is 1. The van der Waals surface area contributed by atoms with Gasteiger partial charge >= 0.3 is 6.09 Å². The summed E-state index contributed by atoms with van der Waals surface area (Å²) in [6.45, 7) is 8.44. The topological polar surface area (TPSA) is 82.4 Å². The van der Waals surface area contributed by atoms with Crippen LogP contribution in [0.2, 0.25) is 0 Å². The van der Waals surface area contributed by atoms with E-state index in [1.807, 2.05) is 20.8 Å². The van der Waals surface area contributed by atoms with Crippen molar-refractivity contribution in [2.24, 2.45) is 11.8 Å². The van der Waals surface area contributed by atoms with E-state index < -0.39 is 12.1 Å². The van der Waals surface area contributed by atoms with E-state index in [1.54, 1.807) is 11.8 Å². The van der Waals surface area contributed by atoms with Crippen molar-refractivity contribution in [3.8, 4) is 6.07 Å². The van der Waals surface area contributed by atoms with Crippen LogP contribution in [0.25, 0.3) is 0 Å². The van der Waals surface area contributed by atoms with Crippen LogP contribution in [0.3, 0.4) is 0 Å². The van der Waals surface area contributed by atoms with Gasteiger partial charge in [0.05, 0.1) is 19.1 Å². The lowest BCUT2D eigenvalue weighted by Crippen LogP contribution is -2.50. The molecule has 0 radical (unpaired) electrons. The molecule has 0 bridgehead atoms. The van der Waals surface area contributed by atoms with E-state index in [9.17, 15) is 9.59 Å². The summed E-state index contributed by atoms with van der Waals surface area (Å²) in [5, 5.41) is 11.4. The zero-order chi connectivity index (χ0) is 15.7. The van der Waals surface area contributed by atoms with Crippen LogP contribution >= 0.6 is 0 Å². The molecule has 0 saturated heterocycles. The van der Waals surface area contributed by atoms with Crippen LogP contribution in [0.15, 0.2) is 0 Å². The van der Waals surface area contributed by atoms with Gasteiger partial charge in [-0.1, -0.05) is 13.8 Å². The third kappa shape index (κ3) is 6.41. The van der Waals surface area contributed by atoms with Crippen molar-refractivity contribution in [2.45, 2.75) is 40.2 Å². The lowest BCUT2D eigenvalue weighted by molar-refractivity contribution is -0.133. The Balaban J connectivity index is 4.88. The smallest absolute Gasteiger partial charge is 0.407 e. The minimum Gasteiger partial charge on any atom is -0.453 e. The molecular weight excluding hydrogens is 258 g/mol. The number of carbonyl (C=O) groups is 2. The van der Waals surface area contributed by atoms with Crippen molar-refractivity contribution in [1.29, 1.82) is 5.26 Å². The summed E-state index contributed by atoms with van der Waals surface area (Å²) in [5.41, 5.74) is 0. The summed E-state index contributed by atoms with van der Waals surface area (Å²) < 4.78 is 4.55. The number of hydrogen-bond acceptors (Lipinski definition) is 4. The predicted molar refractivity (Wildman–Crippen MR) is 75.8 cm³/mol. The van der Waals surface area contributed by atoms with Gasteiger partial charge in [0.15, 0.2) is 0 Å². The summed E-state index contributed by atoms with van der Waals surface area (Å²) in [5.74, 6) is -0.154. The van der Waals surface area contributed by atoms with Gasteiger partial charge in [-0.3, -0.25) is 4.79 Å². The molecule has 0 spiro atoms. The average Bonchev–Trinajstić information content (AvgIpc) is 2.42. The summed E-state index contributed by atoms with van der Waals surface area (Å²) in [7, 11) is 1.27. The van der Waals surface area contributed by atoms with E-state index in [0.717, 1.165) is 0 Å². The van der Waals surface area contributed by atoms with Crippen LogP contribution in [0.1, 0.15) is 34.1 Å². The number of nitriles is 1. The molecule has 20 heavy (non-hydrogen) atoms. The van der Waals surface area contributed by atoms with Crippen molar-refractivity contribution >= 4 is 12.0 Å². The number of nitrogens with zero attached hydrogens (tertiary/aromatic N) is 2. The minimum absolute atomic E-state index is 0.172. The second-order valence-electron chi connectivity index (χ2n) is 5.23. The number of ether oxygens (including phenoxy) is 1. The number of likely N-dealkylation sites (N-methyl/N-ethyl adjacent to an activating group) is 1. The standard InChI is InChI=1S/C14H25N3O3/c1-6-17(9-11(4)8-15)13(18)12(7-10(2)3)16-14(19)20-5/h10-12H,6-7,9H2,1-5H3,(H,16,19)/t11-,12+/m1/s1. The van der Waals surface area contributed by atoms with Crippen molar-refractivity contribution in [1.82, 2.24) is 10.2 Å². The van der Waals surface area contributed by atoms with E-state index in [4.69, 9.17) is 5.26 Å². The fourth-order valence-electron chi connectivity index (χ4n) is 1.86. The first kappa shape index (κ1) is 18.2. The zero-order valence-corrected chi connectivity index (χ0v) is 13.0. The first-order valence-corrected chi connectivity index (χ1v) is 6.88. The van der Waals surface area contributed by atoms with Gasteiger partial charge in [0.2, 0.25) is 5.91 Å². The van der Waals surface area contributed by atoms with Gasteiger partial charge in [-0.05, 0) is 26.2 Å². The number of nitrogens with one attached hydrogen (secondary N) is 1. The Morgan fingerprint density at radius 3 is 2.35 bits per heavy atom. The number of alkyl carbamates (subject to hydrolysis) is 1. The van der Waals surface area contributed by atoms with E-state index in [-0.39, 0.29) is 17.7 Å². The predicted octanol–water partition coefficient (Wildman–Crippen LogP) is 1.77. The van der Waals surface area contributed by atoms with Crippen molar-refractivity contribution in [3.63, 3.8) is 0 Å². The molecule has 2 amide bonds. The summed E-state index contributed by atoms with van der Waals surface area (Å²) in [6.07, 6.45) is -0.0841. The molecule has 6 heteroatoms. The molecule has 0 aromatic rings. The van der Waals surface area contributed by atoms with Gasteiger partial charge in [-0.25, -0.2) is 4.79 Å². The second-order valence-corrected chi connectivity index (χ2v) is 5.23. The Morgan fingerprint density at radius 2 is 1.95 bits per heavy atom. The van der Waals surface area contributed by atoms with Crippen molar-refractivity contribution < 1.29 is 14.3 Å². The Hall–Kier alpha value is -1.77. The van der Waals surface area contributed by atoms with Crippen LogP contribution in [0.4, 0.5) is 4.79 Å². The van der Waals surface area contributed by atoms with Crippen LogP contribution in [0.5, 0.6) is 0 Å². The lowest BCUT2D eigenvalue weighted by atomic mass is 10.0. The van der Waals surface area contributed by atoms with Crippen LogP contribution in [-0.2, 0) is 9.53 Å². The van der Waals surface area contributed by atoms with Gasteiger partial charge in [0.1, 0.15) is 6.04 Å². The highest BCUT2D eigenvalue weighted by atomic mass is 16.5. The molecule has 0 saturated carbocycles. The molecule has 0 heterocycles. The first-order chi connectivity index (χ1) is 9.35. The summed E-state index contributed by atoms with van der Waals surface area (Å²) >= 11 is 0. The molecule has 0 fully saturated rings. The second kappa shape index (κ2) is 9.18. The SMILES string of the molecule is CCN(C[C@H](C)C#N)C(=O)[C@H](CC(C)C)NC(=O)OC. The molecule has 0 unspecified atom stereocenters. The fourth-order valence-corrected chi connectivity index (χ4v) is 1.86. The van der Waals surface area contributed by atoms with Crippen molar-refractivity contribution in [3.05, 3.63) is 0 Å². The van der Waals surface area contributed by atoms with Crippen LogP contribution in [0, 0.1) is 23.2 Å².